The van der Waals surface area contributed by atoms with E-state index in [1.807, 2.05) is 0 Å². The van der Waals surface area contributed by atoms with Gasteiger partial charge >= 0.3 is 12.2 Å². The van der Waals surface area contributed by atoms with E-state index in [-0.39, 0.29) is 25.4 Å². The van der Waals surface area contributed by atoms with Crippen LogP contribution >= 0.6 is 0 Å². The lowest BCUT2D eigenvalue weighted by atomic mass is 10.0. The number of imide groups is 1. The summed E-state index contributed by atoms with van der Waals surface area (Å²) in [5.41, 5.74) is 0.418. The van der Waals surface area contributed by atoms with Crippen LogP contribution in [-0.2, 0) is 28.9 Å². The Hall–Kier alpha value is -2.58. The number of rotatable bonds is 3. The summed E-state index contributed by atoms with van der Waals surface area (Å²) in [5, 5.41) is 4.52. The summed E-state index contributed by atoms with van der Waals surface area (Å²) >= 11 is 0. The number of fused-ring (bicyclic) bond motifs is 1. The quantitative estimate of drug-likeness (QED) is 0.812. The van der Waals surface area contributed by atoms with Crippen LogP contribution in [0.15, 0.2) is 18.2 Å². The lowest BCUT2D eigenvalue weighted by Crippen LogP contribution is -2.37. The van der Waals surface area contributed by atoms with E-state index >= 15 is 0 Å². The second kappa shape index (κ2) is 6.05. The predicted molar refractivity (Wildman–Crippen MR) is 79.9 cm³/mol. The molecule has 2 atom stereocenters. The van der Waals surface area contributed by atoms with Crippen LogP contribution < -0.4 is 10.6 Å². The molecule has 1 aromatic carbocycles. The third-order valence-corrected chi connectivity index (χ3v) is 4.44. The van der Waals surface area contributed by atoms with Gasteiger partial charge in [0.2, 0.25) is 5.91 Å². The summed E-state index contributed by atoms with van der Waals surface area (Å²) in [6, 6.07) is 2.10. The second-order valence-electron chi connectivity index (χ2n) is 6.33. The molecule has 2 aliphatic rings. The average molecular weight is 355 g/mol. The van der Waals surface area contributed by atoms with Crippen molar-refractivity contribution < 1.29 is 27.6 Å². The van der Waals surface area contributed by atoms with Crippen LogP contribution in [0.25, 0.3) is 0 Å². The number of urea groups is 1. The van der Waals surface area contributed by atoms with E-state index in [9.17, 15) is 27.6 Å². The van der Waals surface area contributed by atoms with Crippen molar-refractivity contribution in [2.45, 2.75) is 38.7 Å². The zero-order chi connectivity index (χ0) is 18.4. The fourth-order valence-corrected chi connectivity index (χ4v) is 3.12. The van der Waals surface area contributed by atoms with Gasteiger partial charge in [-0.25, -0.2) is 4.79 Å². The van der Waals surface area contributed by atoms with E-state index < -0.39 is 35.6 Å². The van der Waals surface area contributed by atoms with Gasteiger partial charge in [-0.3, -0.25) is 14.9 Å². The Balaban J connectivity index is 1.66. The molecule has 0 radical (unpaired) electrons. The zero-order valence-corrected chi connectivity index (χ0v) is 13.3. The number of alkyl halides is 3. The lowest BCUT2D eigenvalue weighted by Gasteiger charge is -2.21. The van der Waals surface area contributed by atoms with Crippen molar-refractivity contribution in [3.8, 4) is 0 Å². The number of carbonyl (C=O) groups excluding carboxylic acids is 3. The second-order valence-corrected chi connectivity index (χ2v) is 6.33. The van der Waals surface area contributed by atoms with Crippen molar-refractivity contribution in [2.75, 3.05) is 0 Å². The van der Waals surface area contributed by atoms with E-state index in [0.29, 0.717) is 11.1 Å². The molecule has 9 heteroatoms. The first-order chi connectivity index (χ1) is 11.6. The van der Waals surface area contributed by atoms with Gasteiger partial charge in [-0.15, -0.1) is 0 Å². The minimum Gasteiger partial charge on any atom is -0.334 e. The van der Waals surface area contributed by atoms with Gasteiger partial charge in [0.05, 0.1) is 5.56 Å². The highest BCUT2D eigenvalue weighted by Crippen LogP contribution is 2.33. The van der Waals surface area contributed by atoms with Crippen molar-refractivity contribution >= 4 is 17.8 Å². The number of halogens is 3. The fraction of sp³-hybridized carbons (Fsp3) is 0.438. The van der Waals surface area contributed by atoms with Crippen LogP contribution in [-0.4, -0.2) is 28.8 Å². The fourth-order valence-electron chi connectivity index (χ4n) is 3.12. The molecule has 1 unspecified atom stereocenters. The third kappa shape index (κ3) is 3.45. The van der Waals surface area contributed by atoms with Crippen LogP contribution in [0.3, 0.4) is 0 Å². The number of carbonyl (C=O) groups is 3. The molecule has 1 fully saturated rings. The normalized spacial score (nSPS) is 21.0. The Morgan fingerprint density at radius 1 is 1.28 bits per heavy atom. The number of nitrogens with zero attached hydrogens (tertiary/aromatic N) is 1. The Labute approximate surface area is 141 Å². The van der Waals surface area contributed by atoms with Gasteiger partial charge in [-0.2, -0.15) is 13.2 Å². The van der Waals surface area contributed by atoms with E-state index in [2.05, 4.69) is 10.6 Å². The smallest absolute Gasteiger partial charge is 0.334 e. The van der Waals surface area contributed by atoms with Crippen LogP contribution in [0.5, 0.6) is 0 Å². The molecule has 25 heavy (non-hydrogen) atoms. The number of hydrogen-bond acceptors (Lipinski definition) is 3. The minimum atomic E-state index is -4.42. The first-order valence-corrected chi connectivity index (χ1v) is 7.74. The van der Waals surface area contributed by atoms with Crippen molar-refractivity contribution in [3.63, 3.8) is 0 Å². The van der Waals surface area contributed by atoms with Gasteiger partial charge in [0.15, 0.2) is 0 Å². The molecule has 2 N–H and O–H groups in total. The Bertz CT molecular complexity index is 748. The van der Waals surface area contributed by atoms with Gasteiger partial charge in [0.25, 0.3) is 5.91 Å². The third-order valence-electron chi connectivity index (χ3n) is 4.44. The van der Waals surface area contributed by atoms with Crippen LogP contribution in [0.4, 0.5) is 18.0 Å². The first kappa shape index (κ1) is 17.2. The molecule has 4 amide bonds. The standard InChI is InChI=1S/C16H16F3N3O3/c1-8(4-12-13(23)21-15(25)20-12)14(24)22-6-9-2-3-11(16(17,18)19)5-10(9)7-22/h2-3,5,8,12H,4,6-7H2,1H3,(H2,20,21,23,25)/t8-,12?/m0/s1. The monoisotopic (exact) mass is 355 g/mol. The van der Waals surface area contributed by atoms with Crippen molar-refractivity contribution in [1.82, 2.24) is 15.5 Å². The number of amides is 4. The molecule has 0 aliphatic carbocycles. The maximum atomic E-state index is 12.8. The summed E-state index contributed by atoms with van der Waals surface area (Å²) < 4.78 is 38.3. The molecule has 2 heterocycles. The molecule has 6 nitrogen and oxygen atoms in total. The zero-order valence-electron chi connectivity index (χ0n) is 13.3. The average Bonchev–Trinajstić information content (AvgIpc) is 3.07. The molecule has 134 valence electrons. The summed E-state index contributed by atoms with van der Waals surface area (Å²) in [5.74, 6) is -1.30. The highest BCUT2D eigenvalue weighted by atomic mass is 19.4. The Morgan fingerprint density at radius 3 is 2.56 bits per heavy atom. The van der Waals surface area contributed by atoms with Gasteiger partial charge in [0, 0.05) is 19.0 Å². The van der Waals surface area contributed by atoms with Crippen LogP contribution in [0.2, 0.25) is 0 Å². The summed E-state index contributed by atoms with van der Waals surface area (Å²) in [4.78, 5) is 36.6. The van der Waals surface area contributed by atoms with Crippen molar-refractivity contribution in [3.05, 3.63) is 34.9 Å². The molecule has 0 saturated carbocycles. The van der Waals surface area contributed by atoms with E-state index in [0.717, 1.165) is 12.1 Å². The predicted octanol–water partition coefficient (Wildman–Crippen LogP) is 1.78. The van der Waals surface area contributed by atoms with E-state index in [4.69, 9.17) is 0 Å². The lowest BCUT2D eigenvalue weighted by molar-refractivity contribution is -0.137. The van der Waals surface area contributed by atoms with E-state index in [1.165, 1.54) is 11.0 Å². The van der Waals surface area contributed by atoms with Crippen molar-refractivity contribution in [2.24, 2.45) is 5.92 Å². The first-order valence-electron chi connectivity index (χ1n) is 7.74. The SMILES string of the molecule is C[C@@H](CC1NC(=O)NC1=O)C(=O)N1Cc2ccc(C(F)(F)F)cc2C1. The van der Waals surface area contributed by atoms with Crippen LogP contribution in [0, 0.1) is 5.92 Å². The Kier molecular flexibility index (Phi) is 4.18. The highest BCUT2D eigenvalue weighted by molar-refractivity contribution is 6.04. The topological polar surface area (TPSA) is 78.5 Å². The number of hydrogen-bond donors (Lipinski definition) is 2. The van der Waals surface area contributed by atoms with Gasteiger partial charge in [-0.1, -0.05) is 13.0 Å². The van der Waals surface area contributed by atoms with Crippen LogP contribution in [0.1, 0.15) is 30.0 Å². The molecule has 3 rings (SSSR count). The molecular weight excluding hydrogens is 339 g/mol. The summed E-state index contributed by atoms with van der Waals surface area (Å²) in [6.45, 7) is 1.97. The number of nitrogens with one attached hydrogen (secondary N) is 2. The van der Waals surface area contributed by atoms with Crippen molar-refractivity contribution in [1.29, 1.82) is 0 Å². The Morgan fingerprint density at radius 2 is 1.96 bits per heavy atom. The molecular formula is C16H16F3N3O3. The van der Waals surface area contributed by atoms with Gasteiger partial charge in [0.1, 0.15) is 6.04 Å². The maximum Gasteiger partial charge on any atom is 0.416 e. The maximum absolute atomic E-state index is 12.8. The highest BCUT2D eigenvalue weighted by Gasteiger charge is 2.36. The van der Waals surface area contributed by atoms with E-state index in [1.54, 1.807) is 6.92 Å². The van der Waals surface area contributed by atoms with Gasteiger partial charge in [-0.05, 0) is 29.7 Å². The largest absolute Gasteiger partial charge is 0.416 e. The molecule has 0 spiro atoms. The molecule has 2 aliphatic heterocycles. The molecule has 0 bridgehead atoms. The summed E-state index contributed by atoms with van der Waals surface area (Å²) in [7, 11) is 0. The summed E-state index contributed by atoms with van der Waals surface area (Å²) in [6.07, 6.45) is -4.29. The minimum absolute atomic E-state index is 0.103. The molecule has 1 saturated heterocycles. The molecule has 0 aromatic heterocycles. The number of benzene rings is 1. The van der Waals surface area contributed by atoms with Gasteiger partial charge < -0.3 is 10.2 Å². The molecule has 1 aromatic rings.